The zero-order valence-electron chi connectivity index (χ0n) is 17.8. The number of halogens is 1. The largest absolute Gasteiger partial charge is 0.455 e. The first-order valence-electron chi connectivity index (χ1n) is 10.2. The number of aryl methyl sites for hydroxylation is 2. The second-order valence-corrected chi connectivity index (χ2v) is 8.44. The number of esters is 1. The van der Waals surface area contributed by atoms with Crippen LogP contribution in [0.4, 0.5) is 5.69 Å². The molecule has 1 aliphatic rings. The number of benzene rings is 2. The van der Waals surface area contributed by atoms with Gasteiger partial charge in [0.1, 0.15) is 0 Å². The maximum atomic E-state index is 12.4. The van der Waals surface area contributed by atoms with Crippen molar-refractivity contribution in [3.05, 3.63) is 63.6 Å². The molecule has 0 spiro atoms. The van der Waals surface area contributed by atoms with Crippen molar-refractivity contribution in [2.45, 2.75) is 26.7 Å². The van der Waals surface area contributed by atoms with Gasteiger partial charge in [-0.15, -0.1) is 0 Å². The molecule has 1 saturated heterocycles. The maximum absolute atomic E-state index is 12.4. The van der Waals surface area contributed by atoms with E-state index >= 15 is 0 Å². The molecule has 3 amide bonds. The lowest BCUT2D eigenvalue weighted by molar-refractivity contribution is -0.151. The Morgan fingerprint density at radius 1 is 1.16 bits per heavy atom. The van der Waals surface area contributed by atoms with E-state index in [9.17, 15) is 19.2 Å². The number of rotatable bonds is 7. The summed E-state index contributed by atoms with van der Waals surface area (Å²) >= 11 is 3.39. The highest BCUT2D eigenvalue weighted by molar-refractivity contribution is 9.10. The van der Waals surface area contributed by atoms with Crippen LogP contribution in [0.3, 0.4) is 0 Å². The van der Waals surface area contributed by atoms with Crippen molar-refractivity contribution in [1.82, 2.24) is 10.4 Å². The van der Waals surface area contributed by atoms with Crippen LogP contribution in [-0.4, -0.2) is 41.9 Å². The Morgan fingerprint density at radius 2 is 1.88 bits per heavy atom. The van der Waals surface area contributed by atoms with E-state index in [0.29, 0.717) is 11.3 Å². The van der Waals surface area contributed by atoms with Gasteiger partial charge in [-0.3, -0.25) is 29.6 Å². The van der Waals surface area contributed by atoms with Crippen LogP contribution >= 0.6 is 15.9 Å². The number of ether oxygens (including phenoxy) is 1. The summed E-state index contributed by atoms with van der Waals surface area (Å²) < 4.78 is 6.01. The lowest BCUT2D eigenvalue weighted by Crippen LogP contribution is -2.43. The molecule has 2 N–H and O–H groups in total. The summed E-state index contributed by atoms with van der Waals surface area (Å²) in [6, 6.07) is 12.4. The number of nitrogens with one attached hydrogen (secondary N) is 2. The van der Waals surface area contributed by atoms with Crippen molar-refractivity contribution in [2.75, 3.05) is 18.5 Å². The van der Waals surface area contributed by atoms with Gasteiger partial charge in [-0.1, -0.05) is 40.5 Å². The number of nitrogens with zero attached hydrogens (tertiary/aromatic N) is 1. The first kappa shape index (κ1) is 23.5. The van der Waals surface area contributed by atoms with Crippen LogP contribution < -0.4 is 10.7 Å². The highest BCUT2D eigenvalue weighted by atomic mass is 79.9. The van der Waals surface area contributed by atoms with Gasteiger partial charge < -0.3 is 10.1 Å². The fraction of sp³-hybridized carbons (Fsp3) is 0.304. The van der Waals surface area contributed by atoms with E-state index in [4.69, 9.17) is 4.74 Å². The molecule has 0 saturated carbocycles. The van der Waals surface area contributed by atoms with E-state index in [2.05, 4.69) is 26.7 Å². The molecule has 3 rings (SSSR count). The van der Waals surface area contributed by atoms with Gasteiger partial charge in [0, 0.05) is 22.1 Å². The first-order chi connectivity index (χ1) is 15.3. The fourth-order valence-corrected chi connectivity index (χ4v) is 3.69. The average Bonchev–Trinajstić information content (AvgIpc) is 3.13. The SMILES string of the molecule is CCc1cc(Br)ccc1NC(=O)COC(=O)[C@H]1CC(=O)N(NC(=O)c2ccc(C)cc2)C1. The normalized spacial score (nSPS) is 15.4. The lowest BCUT2D eigenvalue weighted by Gasteiger charge is -2.17. The van der Waals surface area contributed by atoms with Crippen LogP contribution in [0.15, 0.2) is 46.9 Å². The van der Waals surface area contributed by atoms with Crippen molar-refractivity contribution in [2.24, 2.45) is 5.92 Å². The van der Waals surface area contributed by atoms with Crippen molar-refractivity contribution < 1.29 is 23.9 Å². The highest BCUT2D eigenvalue weighted by Gasteiger charge is 2.36. The minimum atomic E-state index is -0.757. The summed E-state index contributed by atoms with van der Waals surface area (Å²) in [6.07, 6.45) is 0.629. The Labute approximate surface area is 194 Å². The maximum Gasteiger partial charge on any atom is 0.311 e. The van der Waals surface area contributed by atoms with Crippen LogP contribution in [0.2, 0.25) is 0 Å². The van der Waals surface area contributed by atoms with Crippen molar-refractivity contribution in [3.63, 3.8) is 0 Å². The van der Waals surface area contributed by atoms with Gasteiger partial charge in [0.2, 0.25) is 5.91 Å². The van der Waals surface area contributed by atoms with Crippen molar-refractivity contribution in [3.8, 4) is 0 Å². The molecule has 1 fully saturated rings. The fourth-order valence-electron chi connectivity index (χ4n) is 3.28. The summed E-state index contributed by atoms with van der Waals surface area (Å²) in [4.78, 5) is 49.1. The predicted molar refractivity (Wildman–Crippen MR) is 122 cm³/mol. The first-order valence-corrected chi connectivity index (χ1v) is 11.0. The molecule has 0 radical (unpaired) electrons. The van der Waals surface area contributed by atoms with Gasteiger partial charge in [-0.2, -0.15) is 0 Å². The molecule has 0 bridgehead atoms. The van der Waals surface area contributed by atoms with Gasteiger partial charge in [-0.05, 0) is 49.2 Å². The Morgan fingerprint density at radius 3 is 2.56 bits per heavy atom. The van der Waals surface area contributed by atoms with Crippen LogP contribution in [-0.2, 0) is 25.5 Å². The number of hydrazine groups is 1. The zero-order valence-corrected chi connectivity index (χ0v) is 19.4. The molecule has 32 heavy (non-hydrogen) atoms. The monoisotopic (exact) mass is 501 g/mol. The summed E-state index contributed by atoms with van der Waals surface area (Å²) in [5, 5.41) is 3.84. The number of hydrogen-bond acceptors (Lipinski definition) is 5. The van der Waals surface area contributed by atoms with Crippen molar-refractivity contribution >= 4 is 45.3 Å². The van der Waals surface area contributed by atoms with E-state index < -0.39 is 30.3 Å². The van der Waals surface area contributed by atoms with Gasteiger partial charge >= 0.3 is 5.97 Å². The summed E-state index contributed by atoms with van der Waals surface area (Å²) in [5.41, 5.74) is 5.53. The number of hydrogen-bond donors (Lipinski definition) is 2. The lowest BCUT2D eigenvalue weighted by atomic mass is 10.1. The quantitative estimate of drug-likeness (QED) is 0.567. The van der Waals surface area contributed by atoms with Gasteiger partial charge in [0.25, 0.3) is 11.8 Å². The van der Waals surface area contributed by atoms with Crippen LogP contribution in [0, 0.1) is 12.8 Å². The topological polar surface area (TPSA) is 105 Å². The zero-order chi connectivity index (χ0) is 23.3. The molecule has 1 heterocycles. The molecule has 9 heteroatoms. The molecular weight excluding hydrogens is 478 g/mol. The summed E-state index contributed by atoms with van der Waals surface area (Å²) in [5.74, 6) is -2.71. The van der Waals surface area contributed by atoms with E-state index in [1.54, 1.807) is 30.3 Å². The Kier molecular flexibility index (Phi) is 7.63. The van der Waals surface area contributed by atoms with E-state index in [1.807, 2.05) is 26.0 Å². The minimum Gasteiger partial charge on any atom is -0.455 e. The number of amides is 3. The minimum absolute atomic E-state index is 0.0103. The number of anilines is 1. The third-order valence-corrected chi connectivity index (χ3v) is 5.57. The van der Waals surface area contributed by atoms with Crippen LogP contribution in [0.5, 0.6) is 0 Å². The second kappa shape index (κ2) is 10.4. The molecule has 8 nitrogen and oxygen atoms in total. The van der Waals surface area contributed by atoms with Gasteiger partial charge in [0.15, 0.2) is 6.61 Å². The molecule has 168 valence electrons. The van der Waals surface area contributed by atoms with E-state index in [1.165, 1.54) is 0 Å². The van der Waals surface area contributed by atoms with Crippen molar-refractivity contribution in [1.29, 1.82) is 0 Å². The molecular formula is C23H24BrN3O5. The molecule has 2 aromatic rings. The highest BCUT2D eigenvalue weighted by Crippen LogP contribution is 2.22. The predicted octanol–water partition coefficient (Wildman–Crippen LogP) is 3.00. The van der Waals surface area contributed by atoms with Gasteiger partial charge in [-0.25, -0.2) is 0 Å². The standard InChI is InChI=1S/C23H24BrN3O5/c1-3-15-10-18(24)8-9-19(15)25-20(28)13-32-23(31)17-11-21(29)27(12-17)26-22(30)16-6-4-14(2)5-7-16/h4-10,17H,3,11-13H2,1-2H3,(H,25,28)(H,26,30)/t17-/m0/s1. The smallest absolute Gasteiger partial charge is 0.311 e. The van der Waals surface area contributed by atoms with Crippen LogP contribution in [0.1, 0.15) is 34.8 Å². The second-order valence-electron chi connectivity index (χ2n) is 7.52. The third kappa shape index (κ3) is 5.94. The van der Waals surface area contributed by atoms with Crippen LogP contribution in [0.25, 0.3) is 0 Å². The number of carbonyl (C=O) groups is 4. The molecule has 0 unspecified atom stereocenters. The Bertz CT molecular complexity index is 1040. The molecule has 0 aliphatic carbocycles. The summed E-state index contributed by atoms with van der Waals surface area (Å²) in [6.45, 7) is 3.41. The third-order valence-electron chi connectivity index (χ3n) is 5.08. The number of carbonyl (C=O) groups excluding carboxylic acids is 4. The Balaban J connectivity index is 1.49. The van der Waals surface area contributed by atoms with E-state index in [-0.39, 0.29) is 18.9 Å². The van der Waals surface area contributed by atoms with Gasteiger partial charge in [0.05, 0.1) is 12.5 Å². The molecule has 1 atom stereocenters. The average molecular weight is 502 g/mol. The Hall–Kier alpha value is -3.20. The molecule has 0 aromatic heterocycles. The molecule has 1 aliphatic heterocycles. The summed E-state index contributed by atoms with van der Waals surface area (Å²) in [7, 11) is 0. The van der Waals surface area contributed by atoms with E-state index in [0.717, 1.165) is 27.0 Å². The molecule has 2 aromatic carbocycles.